The predicted molar refractivity (Wildman–Crippen MR) is 102 cm³/mol. The zero-order chi connectivity index (χ0) is 18.7. The van der Waals surface area contributed by atoms with Crippen LogP contribution in [0.2, 0.25) is 0 Å². The van der Waals surface area contributed by atoms with Gasteiger partial charge in [-0.05, 0) is 53.4 Å². The Kier molecular flexibility index (Phi) is 5.79. The van der Waals surface area contributed by atoms with Crippen molar-refractivity contribution in [1.29, 1.82) is 0 Å². The molecule has 1 aliphatic rings. The highest BCUT2D eigenvalue weighted by Gasteiger charge is 2.28. The lowest BCUT2D eigenvalue weighted by Crippen LogP contribution is -2.35. The smallest absolute Gasteiger partial charge is 0.262 e. The number of nitrogens with one attached hydrogen (secondary N) is 1. The van der Waals surface area contributed by atoms with E-state index in [1.807, 2.05) is 25.1 Å². The summed E-state index contributed by atoms with van der Waals surface area (Å²) in [6, 6.07) is 5.63. The van der Waals surface area contributed by atoms with Gasteiger partial charge < -0.3 is 9.88 Å². The molecule has 7 nitrogen and oxygen atoms in total. The summed E-state index contributed by atoms with van der Waals surface area (Å²) in [6.07, 6.45) is 5.57. The third-order valence-electron chi connectivity index (χ3n) is 4.25. The van der Waals surface area contributed by atoms with E-state index in [-0.39, 0.29) is 17.5 Å². The number of aromatic nitrogens is 2. The Morgan fingerprint density at radius 1 is 1.27 bits per heavy atom. The predicted octanol–water partition coefficient (Wildman–Crippen LogP) is 2.77. The summed E-state index contributed by atoms with van der Waals surface area (Å²) in [5.41, 5.74) is 1.75. The van der Waals surface area contributed by atoms with E-state index >= 15 is 0 Å². The van der Waals surface area contributed by atoms with E-state index in [0.717, 1.165) is 29.3 Å². The van der Waals surface area contributed by atoms with Gasteiger partial charge in [-0.1, -0.05) is 12.5 Å². The minimum absolute atomic E-state index is 0.0104. The molecule has 1 saturated heterocycles. The highest BCUT2D eigenvalue weighted by Crippen LogP contribution is 2.23. The van der Waals surface area contributed by atoms with Gasteiger partial charge in [0.2, 0.25) is 5.91 Å². The fraction of sp³-hybridized carbons (Fsp3) is 0.412. The van der Waals surface area contributed by atoms with Gasteiger partial charge in [-0.2, -0.15) is 4.31 Å². The van der Waals surface area contributed by atoms with Gasteiger partial charge in [0.05, 0.1) is 12.0 Å². The lowest BCUT2D eigenvalue weighted by molar-refractivity contribution is -0.116. The number of hydrogen-bond donors (Lipinski definition) is 1. The first kappa shape index (κ1) is 19.1. The van der Waals surface area contributed by atoms with Crippen LogP contribution in [0.15, 0.2) is 40.2 Å². The number of rotatable bonds is 5. The number of carbonyl (C=O) groups excluding carboxylic acids is 1. The molecule has 0 atom stereocenters. The highest BCUT2D eigenvalue weighted by molar-refractivity contribution is 9.10. The van der Waals surface area contributed by atoms with Crippen molar-refractivity contribution >= 4 is 37.5 Å². The minimum atomic E-state index is -3.59. The van der Waals surface area contributed by atoms with Crippen LogP contribution in [-0.2, 0) is 21.4 Å². The van der Waals surface area contributed by atoms with Gasteiger partial charge in [-0.3, -0.25) is 4.79 Å². The quantitative estimate of drug-likeness (QED) is 0.774. The fourth-order valence-electron chi connectivity index (χ4n) is 2.87. The number of amides is 1. The third-order valence-corrected chi connectivity index (χ3v) is 6.69. The Balaban J connectivity index is 1.67. The summed E-state index contributed by atoms with van der Waals surface area (Å²) in [5, 5.41) is 2.79. The van der Waals surface area contributed by atoms with Crippen LogP contribution in [0.3, 0.4) is 0 Å². The van der Waals surface area contributed by atoms with E-state index in [1.54, 1.807) is 0 Å². The van der Waals surface area contributed by atoms with Crippen LogP contribution in [0.4, 0.5) is 5.69 Å². The first-order chi connectivity index (χ1) is 12.4. The minimum Gasteiger partial charge on any atom is -0.327 e. The highest BCUT2D eigenvalue weighted by atomic mass is 79.9. The first-order valence-corrected chi connectivity index (χ1v) is 10.7. The molecule has 0 saturated carbocycles. The van der Waals surface area contributed by atoms with Gasteiger partial charge in [-0.15, -0.1) is 0 Å². The molecule has 0 spiro atoms. The van der Waals surface area contributed by atoms with Crippen molar-refractivity contribution in [3.8, 4) is 0 Å². The second-order valence-corrected chi connectivity index (χ2v) is 9.12. The van der Waals surface area contributed by atoms with Gasteiger partial charge in [0, 0.05) is 23.8 Å². The molecule has 26 heavy (non-hydrogen) atoms. The second-order valence-electron chi connectivity index (χ2n) is 6.38. The summed E-state index contributed by atoms with van der Waals surface area (Å²) in [6.45, 7) is 3.00. The molecule has 1 N–H and O–H groups in total. The summed E-state index contributed by atoms with van der Waals surface area (Å²) < 4.78 is 28.9. The van der Waals surface area contributed by atoms with Crippen molar-refractivity contribution in [3.05, 3.63) is 40.8 Å². The number of anilines is 1. The maximum atomic E-state index is 12.6. The van der Waals surface area contributed by atoms with E-state index in [0.29, 0.717) is 18.8 Å². The molecule has 2 heterocycles. The number of piperidine rings is 1. The molecule has 1 fully saturated rings. The molecule has 0 radical (unpaired) electrons. The maximum absolute atomic E-state index is 12.6. The first-order valence-electron chi connectivity index (χ1n) is 8.44. The maximum Gasteiger partial charge on any atom is 0.262 e. The lowest BCUT2D eigenvalue weighted by atomic mass is 10.2. The van der Waals surface area contributed by atoms with E-state index in [4.69, 9.17) is 0 Å². The van der Waals surface area contributed by atoms with E-state index in [1.165, 1.54) is 21.4 Å². The molecule has 1 aromatic carbocycles. The van der Waals surface area contributed by atoms with Crippen LogP contribution >= 0.6 is 15.9 Å². The van der Waals surface area contributed by atoms with Crippen molar-refractivity contribution in [2.75, 3.05) is 18.4 Å². The SMILES string of the molecule is Cc1ccc(NC(=O)Cn2cnc(S(=O)(=O)N3CCCCC3)c2)c(Br)c1. The van der Waals surface area contributed by atoms with Crippen LogP contribution in [0.1, 0.15) is 24.8 Å². The number of halogens is 1. The summed E-state index contributed by atoms with van der Waals surface area (Å²) in [4.78, 5) is 16.2. The van der Waals surface area contributed by atoms with Gasteiger partial charge in [-0.25, -0.2) is 13.4 Å². The number of hydrogen-bond acceptors (Lipinski definition) is 4. The molecule has 1 aliphatic heterocycles. The second kappa shape index (κ2) is 7.89. The molecular weight excluding hydrogens is 420 g/mol. The fourth-order valence-corrected chi connectivity index (χ4v) is 4.92. The van der Waals surface area contributed by atoms with Crippen molar-refractivity contribution in [2.45, 2.75) is 37.8 Å². The molecule has 0 unspecified atom stereocenters. The third kappa shape index (κ3) is 4.33. The van der Waals surface area contributed by atoms with E-state index < -0.39 is 10.0 Å². The topological polar surface area (TPSA) is 84.3 Å². The summed E-state index contributed by atoms with van der Waals surface area (Å²) >= 11 is 3.42. The van der Waals surface area contributed by atoms with Crippen LogP contribution in [-0.4, -0.2) is 41.3 Å². The summed E-state index contributed by atoms with van der Waals surface area (Å²) in [7, 11) is -3.59. The van der Waals surface area contributed by atoms with Crippen LogP contribution in [0.25, 0.3) is 0 Å². The zero-order valence-corrected chi connectivity index (χ0v) is 16.9. The monoisotopic (exact) mass is 440 g/mol. The molecule has 2 aromatic rings. The standard InChI is InChI=1S/C17H21BrN4O3S/c1-13-5-6-15(14(18)9-13)20-16(23)10-21-11-17(19-12-21)26(24,25)22-7-3-2-4-8-22/h5-6,9,11-12H,2-4,7-8,10H2,1H3,(H,20,23). The largest absolute Gasteiger partial charge is 0.327 e. The zero-order valence-electron chi connectivity index (χ0n) is 14.5. The van der Waals surface area contributed by atoms with E-state index in [2.05, 4.69) is 26.2 Å². The Hall–Kier alpha value is -1.71. The van der Waals surface area contributed by atoms with Gasteiger partial charge in [0.1, 0.15) is 6.54 Å². The normalized spacial score (nSPS) is 15.8. The van der Waals surface area contributed by atoms with Gasteiger partial charge in [0.15, 0.2) is 5.03 Å². The molecule has 3 rings (SSSR count). The lowest BCUT2D eigenvalue weighted by Gasteiger charge is -2.24. The van der Waals surface area contributed by atoms with Crippen LogP contribution < -0.4 is 5.32 Å². The summed E-state index contributed by atoms with van der Waals surface area (Å²) in [5.74, 6) is -0.256. The van der Waals surface area contributed by atoms with Crippen molar-refractivity contribution < 1.29 is 13.2 Å². The molecule has 1 aromatic heterocycles. The van der Waals surface area contributed by atoms with Crippen molar-refractivity contribution in [3.63, 3.8) is 0 Å². The molecule has 0 aliphatic carbocycles. The Labute approximate surface area is 161 Å². The Morgan fingerprint density at radius 2 is 2.00 bits per heavy atom. The average Bonchev–Trinajstić information content (AvgIpc) is 3.07. The number of sulfonamides is 1. The number of imidazole rings is 1. The van der Waals surface area contributed by atoms with Crippen molar-refractivity contribution in [1.82, 2.24) is 13.9 Å². The molecule has 0 bridgehead atoms. The Morgan fingerprint density at radius 3 is 2.69 bits per heavy atom. The number of aryl methyl sites for hydroxylation is 1. The van der Waals surface area contributed by atoms with Gasteiger partial charge >= 0.3 is 0 Å². The Bertz CT molecular complexity index is 904. The average molecular weight is 441 g/mol. The molecule has 140 valence electrons. The number of nitrogens with zero attached hydrogens (tertiary/aromatic N) is 3. The number of carbonyl (C=O) groups is 1. The molecule has 9 heteroatoms. The van der Waals surface area contributed by atoms with Crippen molar-refractivity contribution in [2.24, 2.45) is 0 Å². The molecule has 1 amide bonds. The van der Waals surface area contributed by atoms with Crippen LogP contribution in [0, 0.1) is 6.92 Å². The number of benzene rings is 1. The van der Waals surface area contributed by atoms with Gasteiger partial charge in [0.25, 0.3) is 10.0 Å². The molecular formula is C17H21BrN4O3S. The van der Waals surface area contributed by atoms with E-state index in [9.17, 15) is 13.2 Å². The van der Waals surface area contributed by atoms with Crippen LogP contribution in [0.5, 0.6) is 0 Å².